The first kappa shape index (κ1) is 13.3. The number of sulfonamides is 1. The van der Waals surface area contributed by atoms with E-state index in [-0.39, 0.29) is 0 Å². The second-order valence-electron chi connectivity index (χ2n) is 2.89. The number of carboxylic acids is 1. The average Bonchev–Trinajstić information content (AvgIpc) is 2.45. The number of aromatic nitrogens is 2. The molecule has 1 heterocycles. The Bertz CT molecular complexity index is 547. The minimum Gasteiger partial charge on any atom is -0.477 e. The summed E-state index contributed by atoms with van der Waals surface area (Å²) in [6, 6.07) is 0. The molecule has 1 rings (SSSR count). The van der Waals surface area contributed by atoms with Crippen molar-refractivity contribution in [1.82, 2.24) is 9.78 Å². The molecule has 0 saturated heterocycles. The lowest BCUT2D eigenvalue weighted by molar-refractivity contribution is -0.0429. The summed E-state index contributed by atoms with van der Waals surface area (Å²) in [7, 11) is -4.58. The fraction of sp³-hybridized carbons (Fsp3) is 0.333. The van der Waals surface area contributed by atoms with E-state index in [0.29, 0.717) is 4.68 Å². The first-order valence-corrected chi connectivity index (χ1v) is 5.39. The molecule has 0 aromatic carbocycles. The van der Waals surface area contributed by atoms with Gasteiger partial charge in [-0.15, -0.1) is 0 Å². The first-order valence-electron chi connectivity index (χ1n) is 3.90. The van der Waals surface area contributed by atoms with E-state index >= 15 is 0 Å². The van der Waals surface area contributed by atoms with E-state index in [2.05, 4.69) is 5.10 Å². The van der Waals surface area contributed by atoms with Gasteiger partial charge in [0.1, 0.15) is 5.56 Å². The van der Waals surface area contributed by atoms with Crippen molar-refractivity contribution in [1.29, 1.82) is 0 Å². The lowest BCUT2D eigenvalue weighted by atomic mass is 10.3. The Morgan fingerprint density at radius 2 is 2.06 bits per heavy atom. The van der Waals surface area contributed by atoms with Gasteiger partial charge < -0.3 is 5.11 Å². The summed E-state index contributed by atoms with van der Waals surface area (Å²) in [6.07, 6.45) is 0.733. The first-order chi connectivity index (χ1) is 7.56. The number of hydrogen-bond donors (Lipinski definition) is 2. The molecule has 0 aliphatic rings. The van der Waals surface area contributed by atoms with Crippen LogP contribution in [0.2, 0.25) is 0 Å². The highest BCUT2D eigenvalue weighted by atomic mass is 32.2. The molecule has 17 heavy (non-hydrogen) atoms. The van der Waals surface area contributed by atoms with Gasteiger partial charge in [-0.05, 0) is 0 Å². The number of carboxylic acid groups (broad SMARTS) is 1. The molecule has 0 atom stereocenters. The molecular weight excluding hydrogens is 267 g/mol. The number of aryl methyl sites for hydroxylation is 1. The second kappa shape index (κ2) is 3.91. The number of halogens is 3. The zero-order chi connectivity index (χ0) is 13.4. The van der Waals surface area contributed by atoms with E-state index in [4.69, 9.17) is 5.11 Å². The zero-order valence-corrected chi connectivity index (χ0v) is 9.00. The van der Waals surface area contributed by atoms with Crippen molar-refractivity contribution in [3.63, 3.8) is 0 Å². The summed E-state index contributed by atoms with van der Waals surface area (Å²) in [4.78, 5) is 10.6. The average molecular weight is 273 g/mol. The van der Waals surface area contributed by atoms with Gasteiger partial charge in [0, 0.05) is 7.05 Å². The van der Waals surface area contributed by atoms with E-state index in [1.54, 1.807) is 0 Å². The predicted molar refractivity (Wildman–Crippen MR) is 48.8 cm³/mol. The van der Waals surface area contributed by atoms with Crippen LogP contribution in [0.4, 0.5) is 19.0 Å². The Balaban J connectivity index is 3.21. The third-order valence-corrected chi connectivity index (χ3v) is 2.78. The lowest BCUT2D eigenvalue weighted by Gasteiger charge is -2.11. The van der Waals surface area contributed by atoms with Crippen molar-refractivity contribution >= 4 is 21.8 Å². The number of aromatic carboxylic acids is 1. The van der Waals surface area contributed by atoms with Gasteiger partial charge in [-0.1, -0.05) is 0 Å². The van der Waals surface area contributed by atoms with E-state index in [0.717, 1.165) is 18.0 Å². The quantitative estimate of drug-likeness (QED) is 0.829. The molecule has 0 aliphatic heterocycles. The molecule has 11 heteroatoms. The van der Waals surface area contributed by atoms with Crippen molar-refractivity contribution in [2.24, 2.45) is 7.05 Å². The van der Waals surface area contributed by atoms with Gasteiger partial charge in [0.25, 0.3) is 0 Å². The largest absolute Gasteiger partial charge is 0.516 e. The number of anilines is 1. The summed E-state index contributed by atoms with van der Waals surface area (Å²) in [5, 5.41) is 12.0. The van der Waals surface area contributed by atoms with E-state index in [9.17, 15) is 26.4 Å². The van der Waals surface area contributed by atoms with Crippen LogP contribution in [0.5, 0.6) is 0 Å². The Kier molecular flexibility index (Phi) is 3.05. The van der Waals surface area contributed by atoms with E-state index in [1.807, 2.05) is 0 Å². The predicted octanol–water partition coefficient (Wildman–Crippen LogP) is 0.380. The number of nitrogens with one attached hydrogen (secondary N) is 1. The van der Waals surface area contributed by atoms with Gasteiger partial charge in [0.05, 0.1) is 6.20 Å². The fourth-order valence-electron chi connectivity index (χ4n) is 0.900. The smallest absolute Gasteiger partial charge is 0.477 e. The number of hydrogen-bond acceptors (Lipinski definition) is 4. The molecule has 0 fully saturated rings. The van der Waals surface area contributed by atoms with Gasteiger partial charge in [-0.2, -0.15) is 26.7 Å². The fourth-order valence-corrected chi connectivity index (χ4v) is 1.51. The summed E-state index contributed by atoms with van der Waals surface area (Å²) < 4.78 is 59.5. The molecule has 0 saturated carbocycles. The van der Waals surface area contributed by atoms with Crippen LogP contribution in [0, 0.1) is 0 Å². The minimum absolute atomic E-state index is 0.673. The Morgan fingerprint density at radius 3 is 2.47 bits per heavy atom. The van der Waals surface area contributed by atoms with Crippen LogP contribution in [0.15, 0.2) is 6.20 Å². The molecule has 0 unspecified atom stereocenters. The van der Waals surface area contributed by atoms with Crippen molar-refractivity contribution < 1.29 is 31.5 Å². The normalized spacial score (nSPS) is 12.5. The van der Waals surface area contributed by atoms with Crippen LogP contribution < -0.4 is 4.72 Å². The molecule has 0 amide bonds. The van der Waals surface area contributed by atoms with Crippen LogP contribution in [0.1, 0.15) is 10.4 Å². The maximum absolute atomic E-state index is 12.1. The molecule has 1 aromatic rings. The topological polar surface area (TPSA) is 101 Å². The number of carbonyl (C=O) groups is 1. The van der Waals surface area contributed by atoms with Crippen molar-refractivity contribution in [3.05, 3.63) is 11.8 Å². The van der Waals surface area contributed by atoms with E-state index < -0.39 is 32.9 Å². The van der Waals surface area contributed by atoms with Gasteiger partial charge in [-0.25, -0.2) is 4.79 Å². The van der Waals surface area contributed by atoms with Crippen LogP contribution in [-0.4, -0.2) is 34.8 Å². The monoisotopic (exact) mass is 273 g/mol. The van der Waals surface area contributed by atoms with Crippen LogP contribution in [0.3, 0.4) is 0 Å². The highest BCUT2D eigenvalue weighted by Crippen LogP contribution is 2.26. The zero-order valence-electron chi connectivity index (χ0n) is 8.19. The Hall–Kier alpha value is -1.78. The van der Waals surface area contributed by atoms with Gasteiger partial charge in [0.2, 0.25) is 0 Å². The highest BCUT2D eigenvalue weighted by molar-refractivity contribution is 7.93. The van der Waals surface area contributed by atoms with Crippen LogP contribution in [0.25, 0.3) is 0 Å². The summed E-state index contributed by atoms with van der Waals surface area (Å²) in [5.74, 6) is -2.37. The molecule has 0 radical (unpaired) electrons. The SMILES string of the molecule is Cn1ncc(C(=O)O)c1NS(=O)(=O)C(F)(F)F. The summed E-state index contributed by atoms with van der Waals surface area (Å²) in [5.41, 5.74) is -6.21. The molecule has 96 valence electrons. The Labute approximate surface area is 92.9 Å². The molecule has 7 nitrogen and oxygen atoms in total. The van der Waals surface area contributed by atoms with Crippen molar-refractivity contribution in [2.75, 3.05) is 4.72 Å². The van der Waals surface area contributed by atoms with Gasteiger partial charge in [-0.3, -0.25) is 9.40 Å². The molecule has 0 spiro atoms. The number of rotatable bonds is 3. The maximum Gasteiger partial charge on any atom is 0.516 e. The van der Waals surface area contributed by atoms with Crippen LogP contribution >= 0.6 is 0 Å². The highest BCUT2D eigenvalue weighted by Gasteiger charge is 2.47. The Morgan fingerprint density at radius 1 is 1.53 bits per heavy atom. The van der Waals surface area contributed by atoms with Gasteiger partial charge in [0.15, 0.2) is 5.82 Å². The summed E-state index contributed by atoms with van der Waals surface area (Å²) >= 11 is 0. The molecule has 2 N–H and O–H groups in total. The van der Waals surface area contributed by atoms with Gasteiger partial charge >= 0.3 is 21.5 Å². The standard InChI is InChI=1S/C6H6F3N3O4S/c1-12-4(3(2-10-12)5(13)14)11-17(15,16)6(7,8)9/h2,11H,1H3,(H,13,14). The lowest BCUT2D eigenvalue weighted by Crippen LogP contribution is -2.31. The molecule has 0 aliphatic carbocycles. The second-order valence-corrected chi connectivity index (χ2v) is 4.56. The third-order valence-electron chi connectivity index (χ3n) is 1.70. The van der Waals surface area contributed by atoms with Crippen LogP contribution in [-0.2, 0) is 17.1 Å². The van der Waals surface area contributed by atoms with E-state index in [1.165, 1.54) is 0 Å². The molecule has 1 aromatic heterocycles. The summed E-state index contributed by atoms with van der Waals surface area (Å²) in [6.45, 7) is 0. The molecular formula is C6H6F3N3O4S. The van der Waals surface area contributed by atoms with Crippen molar-refractivity contribution in [2.45, 2.75) is 5.51 Å². The minimum atomic E-state index is -5.67. The molecule has 0 bridgehead atoms. The maximum atomic E-state index is 12.1. The van der Waals surface area contributed by atoms with Crippen molar-refractivity contribution in [3.8, 4) is 0 Å². The third kappa shape index (κ3) is 2.49. The number of nitrogens with zero attached hydrogens (tertiary/aromatic N) is 2. The number of alkyl halides is 3.